The molecule has 0 bridgehead atoms. The van der Waals surface area contributed by atoms with E-state index in [1.54, 1.807) is 33.5 Å². The summed E-state index contributed by atoms with van der Waals surface area (Å²) in [5.74, 6) is 1.34. The molecule has 0 heterocycles. The highest BCUT2D eigenvalue weighted by Gasteiger charge is 2.16. The first-order chi connectivity index (χ1) is 11.5. The minimum atomic E-state index is -0.418. The van der Waals surface area contributed by atoms with Crippen LogP contribution in [0.3, 0.4) is 0 Å². The van der Waals surface area contributed by atoms with Gasteiger partial charge < -0.3 is 19.5 Å². The van der Waals surface area contributed by atoms with Gasteiger partial charge in [-0.15, -0.1) is 0 Å². The van der Waals surface area contributed by atoms with Crippen molar-refractivity contribution in [3.63, 3.8) is 0 Å². The Bertz CT molecular complexity index is 684. The number of halogens is 2. The summed E-state index contributed by atoms with van der Waals surface area (Å²) in [6.45, 7) is 2.57. The second kappa shape index (κ2) is 8.22. The lowest BCUT2D eigenvalue weighted by molar-refractivity contribution is 0.323. The zero-order valence-corrected chi connectivity index (χ0v) is 14.9. The number of hydrogen-bond donors (Lipinski definition) is 1. The Balaban J connectivity index is 2.16. The quantitative estimate of drug-likeness (QED) is 0.803. The van der Waals surface area contributed by atoms with Crippen molar-refractivity contribution in [2.24, 2.45) is 0 Å². The molecule has 0 amide bonds. The first kappa shape index (κ1) is 18.4. The monoisotopic (exact) mass is 353 g/mol. The van der Waals surface area contributed by atoms with Crippen molar-refractivity contribution in [3.05, 3.63) is 52.3 Å². The van der Waals surface area contributed by atoms with Crippen molar-refractivity contribution >= 4 is 11.6 Å². The average molecular weight is 354 g/mol. The Hall–Kier alpha value is -1.98. The molecule has 2 aromatic rings. The van der Waals surface area contributed by atoms with Crippen molar-refractivity contribution in [1.82, 2.24) is 5.32 Å². The van der Waals surface area contributed by atoms with Crippen LogP contribution in [0.25, 0.3) is 0 Å². The molecular formula is C18H21ClFNO3. The van der Waals surface area contributed by atoms with E-state index in [-0.39, 0.29) is 11.1 Å². The molecule has 2 aromatic carbocycles. The van der Waals surface area contributed by atoms with Crippen molar-refractivity contribution in [2.45, 2.75) is 19.5 Å². The summed E-state index contributed by atoms with van der Waals surface area (Å²) in [6.07, 6.45) is 0. The van der Waals surface area contributed by atoms with E-state index >= 15 is 0 Å². The van der Waals surface area contributed by atoms with Crippen LogP contribution in [0.5, 0.6) is 17.2 Å². The summed E-state index contributed by atoms with van der Waals surface area (Å²) >= 11 is 5.81. The SMILES string of the molecule is COc1cc(C(C)NCc2ccc(F)c(Cl)c2)cc(OC)c1OC. The first-order valence-corrected chi connectivity index (χ1v) is 7.85. The predicted molar refractivity (Wildman–Crippen MR) is 92.8 cm³/mol. The van der Waals surface area contributed by atoms with Crippen LogP contribution in [0, 0.1) is 5.82 Å². The second-order valence-corrected chi connectivity index (χ2v) is 5.72. The van der Waals surface area contributed by atoms with Crippen LogP contribution in [0.1, 0.15) is 24.1 Å². The summed E-state index contributed by atoms with van der Waals surface area (Å²) in [6, 6.07) is 8.50. The van der Waals surface area contributed by atoms with Crippen LogP contribution < -0.4 is 19.5 Å². The molecule has 130 valence electrons. The van der Waals surface area contributed by atoms with E-state index < -0.39 is 5.82 Å². The Labute approximate surface area is 146 Å². The molecule has 0 aliphatic heterocycles. The van der Waals surface area contributed by atoms with Gasteiger partial charge in [0.2, 0.25) is 5.75 Å². The number of hydrogen-bond acceptors (Lipinski definition) is 4. The molecule has 24 heavy (non-hydrogen) atoms. The highest BCUT2D eigenvalue weighted by atomic mass is 35.5. The smallest absolute Gasteiger partial charge is 0.203 e. The zero-order valence-electron chi connectivity index (χ0n) is 14.2. The average Bonchev–Trinajstić information content (AvgIpc) is 2.60. The molecular weight excluding hydrogens is 333 g/mol. The van der Waals surface area contributed by atoms with Gasteiger partial charge in [0.05, 0.1) is 26.4 Å². The van der Waals surface area contributed by atoms with Gasteiger partial charge in [-0.05, 0) is 42.3 Å². The summed E-state index contributed by atoms with van der Waals surface area (Å²) in [5, 5.41) is 3.49. The van der Waals surface area contributed by atoms with Crippen LogP contribution in [-0.2, 0) is 6.54 Å². The Kier molecular flexibility index (Phi) is 6.29. The van der Waals surface area contributed by atoms with E-state index in [0.29, 0.717) is 23.8 Å². The molecule has 0 spiro atoms. The first-order valence-electron chi connectivity index (χ1n) is 7.47. The topological polar surface area (TPSA) is 39.7 Å². The molecule has 0 radical (unpaired) electrons. The minimum Gasteiger partial charge on any atom is -0.493 e. The molecule has 0 aromatic heterocycles. The van der Waals surface area contributed by atoms with Crippen molar-refractivity contribution in [2.75, 3.05) is 21.3 Å². The Morgan fingerprint density at radius 3 is 2.17 bits per heavy atom. The van der Waals surface area contributed by atoms with Crippen molar-refractivity contribution in [1.29, 1.82) is 0 Å². The molecule has 4 nitrogen and oxygen atoms in total. The van der Waals surface area contributed by atoms with Crippen LogP contribution in [0.4, 0.5) is 4.39 Å². The third kappa shape index (κ3) is 4.10. The van der Waals surface area contributed by atoms with Gasteiger partial charge in [0.25, 0.3) is 0 Å². The molecule has 1 atom stereocenters. The molecule has 6 heteroatoms. The van der Waals surface area contributed by atoms with E-state index in [9.17, 15) is 4.39 Å². The van der Waals surface area contributed by atoms with Crippen LogP contribution in [0.2, 0.25) is 5.02 Å². The lowest BCUT2D eigenvalue weighted by Crippen LogP contribution is -2.18. The van der Waals surface area contributed by atoms with E-state index in [1.165, 1.54) is 6.07 Å². The maximum absolute atomic E-state index is 13.2. The molecule has 2 rings (SSSR count). The lowest BCUT2D eigenvalue weighted by atomic mass is 10.1. The van der Waals surface area contributed by atoms with Crippen molar-refractivity contribution < 1.29 is 18.6 Å². The normalized spacial score (nSPS) is 11.9. The van der Waals surface area contributed by atoms with E-state index in [4.69, 9.17) is 25.8 Å². The van der Waals surface area contributed by atoms with Gasteiger partial charge in [-0.1, -0.05) is 17.7 Å². The highest BCUT2D eigenvalue weighted by Crippen LogP contribution is 2.39. The molecule has 0 saturated carbocycles. The molecule has 1 unspecified atom stereocenters. The van der Waals surface area contributed by atoms with Crippen molar-refractivity contribution in [3.8, 4) is 17.2 Å². The maximum Gasteiger partial charge on any atom is 0.203 e. The third-order valence-corrected chi connectivity index (χ3v) is 4.07. The van der Waals surface area contributed by atoms with Crippen LogP contribution in [-0.4, -0.2) is 21.3 Å². The molecule has 0 aliphatic carbocycles. The number of ether oxygens (including phenoxy) is 3. The Morgan fingerprint density at radius 2 is 1.67 bits per heavy atom. The molecule has 0 saturated heterocycles. The van der Waals surface area contributed by atoms with Gasteiger partial charge in [0.1, 0.15) is 5.82 Å². The van der Waals surface area contributed by atoms with Crippen LogP contribution >= 0.6 is 11.6 Å². The maximum atomic E-state index is 13.2. The number of rotatable bonds is 7. The fraction of sp³-hybridized carbons (Fsp3) is 0.333. The van der Waals surface area contributed by atoms with Gasteiger partial charge in [0, 0.05) is 12.6 Å². The molecule has 0 fully saturated rings. The fourth-order valence-corrected chi connectivity index (χ4v) is 2.59. The second-order valence-electron chi connectivity index (χ2n) is 5.31. The van der Waals surface area contributed by atoms with E-state index in [2.05, 4.69) is 5.32 Å². The summed E-state index contributed by atoms with van der Waals surface area (Å²) in [5.41, 5.74) is 1.89. The number of nitrogens with one attached hydrogen (secondary N) is 1. The predicted octanol–water partition coefficient (Wildman–Crippen LogP) is 4.36. The van der Waals surface area contributed by atoms with Gasteiger partial charge in [0.15, 0.2) is 11.5 Å². The standard InChI is InChI=1S/C18H21ClFNO3/c1-11(21-10-12-5-6-15(20)14(19)7-12)13-8-16(22-2)18(24-4)17(9-13)23-3/h5-9,11,21H,10H2,1-4H3. The summed E-state index contributed by atoms with van der Waals surface area (Å²) in [4.78, 5) is 0. The lowest BCUT2D eigenvalue weighted by Gasteiger charge is -2.19. The number of benzene rings is 2. The molecule has 0 aliphatic rings. The Morgan fingerprint density at radius 1 is 1.04 bits per heavy atom. The van der Waals surface area contributed by atoms with Crippen LogP contribution in [0.15, 0.2) is 30.3 Å². The number of methoxy groups -OCH3 is 3. The third-order valence-electron chi connectivity index (χ3n) is 3.78. The fourth-order valence-electron chi connectivity index (χ4n) is 2.39. The van der Waals surface area contributed by atoms with Gasteiger partial charge >= 0.3 is 0 Å². The summed E-state index contributed by atoms with van der Waals surface area (Å²) < 4.78 is 29.3. The van der Waals surface area contributed by atoms with Gasteiger partial charge in [-0.3, -0.25) is 0 Å². The van der Waals surface area contributed by atoms with Gasteiger partial charge in [-0.25, -0.2) is 4.39 Å². The zero-order chi connectivity index (χ0) is 17.7. The highest BCUT2D eigenvalue weighted by molar-refractivity contribution is 6.30. The molecule has 1 N–H and O–H groups in total. The largest absolute Gasteiger partial charge is 0.493 e. The van der Waals surface area contributed by atoms with Gasteiger partial charge in [-0.2, -0.15) is 0 Å². The van der Waals surface area contributed by atoms with E-state index in [0.717, 1.165) is 11.1 Å². The minimum absolute atomic E-state index is 0.0162. The van der Waals surface area contributed by atoms with E-state index in [1.807, 2.05) is 19.1 Å². The summed E-state index contributed by atoms with van der Waals surface area (Å²) in [7, 11) is 4.74.